The topological polar surface area (TPSA) is 40.7 Å². The summed E-state index contributed by atoms with van der Waals surface area (Å²) in [4.78, 5) is 1.54. The van der Waals surface area contributed by atoms with Gasteiger partial charge in [0.15, 0.2) is 0 Å². The number of aryl methyl sites for hydroxylation is 2. The van der Waals surface area contributed by atoms with E-state index in [0.29, 0.717) is 6.04 Å². The van der Waals surface area contributed by atoms with Gasteiger partial charge in [-0.2, -0.15) is 5.10 Å². The maximum atomic E-state index is 4.06. The van der Waals surface area contributed by atoms with Gasteiger partial charge in [-0.15, -0.1) is 11.3 Å². The molecule has 0 aromatic carbocycles. The van der Waals surface area contributed by atoms with Crippen LogP contribution in [-0.2, 0) is 13.0 Å². The minimum atomic E-state index is 0.491. The van der Waals surface area contributed by atoms with Crippen molar-refractivity contribution in [1.29, 1.82) is 0 Å². The molecule has 0 saturated carbocycles. The van der Waals surface area contributed by atoms with Crippen molar-refractivity contribution in [2.24, 2.45) is 0 Å². The van der Waals surface area contributed by atoms with Crippen LogP contribution in [0.4, 0.5) is 0 Å². The molecule has 0 aliphatic heterocycles. The van der Waals surface area contributed by atoms with Crippen molar-refractivity contribution in [2.45, 2.75) is 38.8 Å². The van der Waals surface area contributed by atoms with Crippen molar-refractivity contribution >= 4 is 27.3 Å². The van der Waals surface area contributed by atoms with E-state index in [-0.39, 0.29) is 0 Å². The van der Waals surface area contributed by atoms with Gasteiger partial charge in [-0.1, -0.05) is 0 Å². The molecule has 0 spiro atoms. The van der Waals surface area contributed by atoms with Crippen LogP contribution in [0.1, 0.15) is 40.6 Å². The van der Waals surface area contributed by atoms with Gasteiger partial charge in [0.05, 0.1) is 9.98 Å². The van der Waals surface area contributed by atoms with E-state index >= 15 is 0 Å². The fraction of sp³-hybridized carbons (Fsp3) is 0.462. The molecule has 5 heteroatoms. The molecule has 96 valence electrons. The van der Waals surface area contributed by atoms with Crippen LogP contribution in [-0.4, -0.2) is 10.2 Å². The average molecular weight is 326 g/mol. The van der Waals surface area contributed by atoms with Crippen molar-refractivity contribution in [3.63, 3.8) is 0 Å². The Kier molecular flexibility index (Phi) is 3.54. The monoisotopic (exact) mass is 325 g/mol. The highest BCUT2D eigenvalue weighted by Gasteiger charge is 2.22. The molecular formula is C13H16BrN3S. The Morgan fingerprint density at radius 1 is 1.61 bits per heavy atom. The zero-order valence-electron chi connectivity index (χ0n) is 10.3. The second-order valence-electron chi connectivity index (χ2n) is 4.77. The fourth-order valence-electron chi connectivity index (χ4n) is 2.52. The normalized spacial score (nSPS) is 18.9. The number of H-pyrrole nitrogens is 1. The van der Waals surface area contributed by atoms with Gasteiger partial charge in [-0.25, -0.2) is 0 Å². The number of nitrogens with one attached hydrogen (secondary N) is 2. The lowest BCUT2D eigenvalue weighted by atomic mass is 9.94. The fourth-order valence-corrected chi connectivity index (χ4v) is 4.34. The molecule has 2 aromatic heterocycles. The van der Waals surface area contributed by atoms with Crippen molar-refractivity contribution in [3.8, 4) is 0 Å². The molecule has 2 aromatic rings. The molecule has 0 bridgehead atoms. The van der Waals surface area contributed by atoms with Crippen LogP contribution in [0, 0.1) is 6.92 Å². The molecular weight excluding hydrogens is 310 g/mol. The first kappa shape index (κ1) is 12.4. The number of hydrogen-bond donors (Lipinski definition) is 2. The summed E-state index contributed by atoms with van der Waals surface area (Å²) in [6, 6.07) is 2.77. The third kappa shape index (κ3) is 2.39. The Hall–Kier alpha value is -0.650. The molecule has 0 radical (unpaired) electrons. The summed E-state index contributed by atoms with van der Waals surface area (Å²) in [5.74, 6) is 0. The van der Waals surface area contributed by atoms with Crippen LogP contribution < -0.4 is 5.32 Å². The summed E-state index contributed by atoms with van der Waals surface area (Å²) in [6.07, 6.45) is 5.65. The number of fused-ring (bicyclic) bond motifs is 1. The Morgan fingerprint density at radius 2 is 2.50 bits per heavy atom. The van der Waals surface area contributed by atoms with Gasteiger partial charge in [-0.3, -0.25) is 5.10 Å². The van der Waals surface area contributed by atoms with Crippen molar-refractivity contribution in [2.75, 3.05) is 0 Å². The van der Waals surface area contributed by atoms with Gasteiger partial charge in [0.2, 0.25) is 0 Å². The largest absolute Gasteiger partial charge is 0.306 e. The van der Waals surface area contributed by atoms with Crippen LogP contribution in [0.3, 0.4) is 0 Å². The highest BCUT2D eigenvalue weighted by molar-refractivity contribution is 9.11. The Morgan fingerprint density at radius 3 is 3.28 bits per heavy atom. The maximum Gasteiger partial charge on any atom is 0.0704 e. The minimum absolute atomic E-state index is 0.491. The molecule has 3 nitrogen and oxygen atoms in total. The summed E-state index contributed by atoms with van der Waals surface area (Å²) >= 11 is 5.48. The second kappa shape index (κ2) is 5.15. The van der Waals surface area contributed by atoms with E-state index in [2.05, 4.69) is 44.4 Å². The quantitative estimate of drug-likeness (QED) is 0.903. The molecule has 1 aliphatic carbocycles. The summed E-state index contributed by atoms with van der Waals surface area (Å²) in [5.41, 5.74) is 3.90. The smallest absolute Gasteiger partial charge is 0.0704 e. The van der Waals surface area contributed by atoms with E-state index in [1.807, 2.05) is 17.5 Å². The van der Waals surface area contributed by atoms with Crippen LogP contribution in [0.5, 0.6) is 0 Å². The first-order chi connectivity index (χ1) is 8.74. The zero-order valence-corrected chi connectivity index (χ0v) is 12.7. The number of thiophene rings is 1. The number of halogens is 1. The van der Waals surface area contributed by atoms with Crippen molar-refractivity contribution in [3.05, 3.63) is 37.7 Å². The number of hydrogen-bond acceptors (Lipinski definition) is 3. The molecule has 1 unspecified atom stereocenters. The van der Waals surface area contributed by atoms with Crippen molar-refractivity contribution in [1.82, 2.24) is 15.5 Å². The van der Waals surface area contributed by atoms with Gasteiger partial charge < -0.3 is 5.32 Å². The van der Waals surface area contributed by atoms with Crippen LogP contribution in [0.15, 0.2) is 16.0 Å². The maximum absolute atomic E-state index is 4.06. The van der Waals surface area contributed by atoms with Gasteiger partial charge in [0, 0.05) is 28.7 Å². The zero-order chi connectivity index (χ0) is 12.5. The Balaban J connectivity index is 1.73. The lowest BCUT2D eigenvalue weighted by Crippen LogP contribution is -2.23. The molecule has 18 heavy (non-hydrogen) atoms. The lowest BCUT2D eigenvalue weighted by Gasteiger charge is -2.23. The number of rotatable bonds is 3. The van der Waals surface area contributed by atoms with Gasteiger partial charge >= 0.3 is 0 Å². The third-order valence-electron chi connectivity index (χ3n) is 3.56. The van der Waals surface area contributed by atoms with Crippen LogP contribution in [0.2, 0.25) is 0 Å². The molecule has 2 heterocycles. The summed E-state index contributed by atoms with van der Waals surface area (Å²) in [5, 5.41) is 10.7. The molecule has 3 rings (SSSR count). The first-order valence-electron chi connectivity index (χ1n) is 6.24. The number of nitrogens with zero attached hydrogens (tertiary/aromatic N) is 1. The summed E-state index contributed by atoms with van der Waals surface area (Å²) < 4.78 is 1.25. The second-order valence-corrected chi connectivity index (χ2v) is 7.29. The number of aromatic amines is 1. The molecule has 1 atom stereocenters. The predicted octanol–water partition coefficient (Wildman–Crippen LogP) is 3.71. The van der Waals surface area contributed by atoms with E-state index in [1.54, 1.807) is 0 Å². The van der Waals surface area contributed by atoms with Crippen LogP contribution in [0.25, 0.3) is 0 Å². The molecule has 0 fully saturated rings. The third-order valence-corrected chi connectivity index (χ3v) is 5.27. The number of aromatic nitrogens is 2. The molecule has 0 amide bonds. The molecule has 2 N–H and O–H groups in total. The summed E-state index contributed by atoms with van der Waals surface area (Å²) in [6.45, 7) is 2.96. The molecule has 0 saturated heterocycles. The van der Waals surface area contributed by atoms with Crippen molar-refractivity contribution < 1.29 is 0 Å². The van der Waals surface area contributed by atoms with E-state index < -0.39 is 0 Å². The predicted molar refractivity (Wildman–Crippen MR) is 77.9 cm³/mol. The Labute approximate surface area is 119 Å². The Bertz CT molecular complexity index is 546. The SMILES string of the molecule is Cc1[nH]ncc1CNC1CCCc2sc(Br)cc21. The van der Waals surface area contributed by atoms with E-state index in [4.69, 9.17) is 0 Å². The standard InChI is InChI=1S/C13H16BrN3S/c1-8-9(7-16-17-8)6-15-11-3-2-4-12-10(11)5-13(14)18-12/h5,7,11,15H,2-4,6H2,1H3,(H,16,17). The van der Waals surface area contributed by atoms with E-state index in [1.165, 1.54) is 39.1 Å². The lowest BCUT2D eigenvalue weighted by molar-refractivity contribution is 0.462. The van der Waals surface area contributed by atoms with Gasteiger partial charge in [0.25, 0.3) is 0 Å². The minimum Gasteiger partial charge on any atom is -0.306 e. The van der Waals surface area contributed by atoms with Gasteiger partial charge in [-0.05, 0) is 53.7 Å². The molecule has 1 aliphatic rings. The van der Waals surface area contributed by atoms with E-state index in [0.717, 1.165) is 12.2 Å². The highest BCUT2D eigenvalue weighted by Crippen LogP contribution is 2.38. The van der Waals surface area contributed by atoms with Crippen LogP contribution >= 0.6 is 27.3 Å². The summed E-state index contributed by atoms with van der Waals surface area (Å²) in [7, 11) is 0. The highest BCUT2D eigenvalue weighted by atomic mass is 79.9. The first-order valence-corrected chi connectivity index (χ1v) is 7.85. The van der Waals surface area contributed by atoms with Gasteiger partial charge in [0.1, 0.15) is 0 Å². The average Bonchev–Trinajstić information content (AvgIpc) is 2.91. The van der Waals surface area contributed by atoms with E-state index in [9.17, 15) is 0 Å².